The molecule has 0 aliphatic heterocycles. The van der Waals surface area contributed by atoms with Crippen LogP contribution >= 0.6 is 0 Å². The van der Waals surface area contributed by atoms with E-state index < -0.39 is 0 Å². The zero-order valence-corrected chi connectivity index (χ0v) is 16.6. The van der Waals surface area contributed by atoms with Crippen LogP contribution in [-0.4, -0.2) is 15.0 Å². The van der Waals surface area contributed by atoms with Crippen molar-refractivity contribution in [1.82, 2.24) is 15.0 Å². The predicted octanol–water partition coefficient (Wildman–Crippen LogP) is 6.79. The van der Waals surface area contributed by atoms with Gasteiger partial charge in [0.15, 0.2) is 0 Å². The smallest absolute Gasteiger partial charge is 0.219 e. The number of pyridine rings is 3. The van der Waals surface area contributed by atoms with E-state index in [1.165, 1.54) is 0 Å². The van der Waals surface area contributed by atoms with Crippen molar-refractivity contribution in [3.63, 3.8) is 0 Å². The minimum absolute atomic E-state index is 0.538. The lowest BCUT2D eigenvalue weighted by atomic mass is 10.0. The van der Waals surface area contributed by atoms with Crippen molar-refractivity contribution in [1.29, 1.82) is 0 Å². The van der Waals surface area contributed by atoms with Gasteiger partial charge in [0.2, 0.25) is 5.88 Å². The molecule has 0 N–H and O–H groups in total. The van der Waals surface area contributed by atoms with E-state index in [4.69, 9.17) is 9.72 Å². The number of rotatable bonds is 3. The first-order chi connectivity index (χ1) is 15.3. The number of hydrogen-bond donors (Lipinski definition) is 0. The monoisotopic (exact) mass is 399 g/mol. The Bertz CT molecular complexity index is 1560. The highest BCUT2D eigenvalue weighted by molar-refractivity contribution is 6.17. The second-order valence-corrected chi connectivity index (χ2v) is 7.35. The molecule has 3 aromatic heterocycles. The second kappa shape index (κ2) is 7.18. The summed E-state index contributed by atoms with van der Waals surface area (Å²) in [7, 11) is 0. The predicted molar refractivity (Wildman–Crippen MR) is 124 cm³/mol. The molecule has 0 spiro atoms. The molecule has 3 heterocycles. The molecular weight excluding hydrogens is 382 g/mol. The van der Waals surface area contributed by atoms with Crippen LogP contribution in [0.15, 0.2) is 103 Å². The Hall–Kier alpha value is -4.31. The fourth-order valence-corrected chi connectivity index (χ4v) is 3.90. The van der Waals surface area contributed by atoms with Crippen LogP contribution in [0.5, 0.6) is 11.6 Å². The Balaban J connectivity index is 1.52. The number of hydrogen-bond acceptors (Lipinski definition) is 4. The molecule has 0 saturated heterocycles. The molecule has 0 fully saturated rings. The molecule has 0 amide bonds. The van der Waals surface area contributed by atoms with E-state index in [1.54, 1.807) is 0 Å². The van der Waals surface area contributed by atoms with Gasteiger partial charge in [0.05, 0.1) is 22.4 Å². The van der Waals surface area contributed by atoms with Crippen LogP contribution in [0.3, 0.4) is 0 Å². The van der Waals surface area contributed by atoms with Crippen LogP contribution in [-0.2, 0) is 0 Å². The van der Waals surface area contributed by atoms with Gasteiger partial charge in [-0.15, -0.1) is 0 Å². The summed E-state index contributed by atoms with van der Waals surface area (Å²) < 4.78 is 5.91. The molecular formula is C27H17N3O. The highest BCUT2D eigenvalue weighted by atomic mass is 16.5. The van der Waals surface area contributed by atoms with Crippen molar-refractivity contribution < 1.29 is 4.74 Å². The second-order valence-electron chi connectivity index (χ2n) is 7.35. The average molecular weight is 399 g/mol. The van der Waals surface area contributed by atoms with Gasteiger partial charge >= 0.3 is 0 Å². The van der Waals surface area contributed by atoms with E-state index in [2.05, 4.69) is 46.4 Å². The lowest BCUT2D eigenvalue weighted by Gasteiger charge is -2.09. The summed E-state index contributed by atoms with van der Waals surface area (Å²) in [5, 5.41) is 4.36. The summed E-state index contributed by atoms with van der Waals surface area (Å²) >= 11 is 0. The molecule has 0 bridgehead atoms. The Morgan fingerprint density at radius 3 is 2.13 bits per heavy atom. The Kier molecular flexibility index (Phi) is 4.06. The van der Waals surface area contributed by atoms with Crippen LogP contribution < -0.4 is 4.74 Å². The maximum absolute atomic E-state index is 5.91. The van der Waals surface area contributed by atoms with E-state index in [9.17, 15) is 0 Å². The van der Waals surface area contributed by atoms with Crippen molar-refractivity contribution in [3.8, 4) is 23.0 Å². The quantitative estimate of drug-likeness (QED) is 0.307. The first kappa shape index (κ1) is 17.5. The SMILES string of the molecule is c1ccc(Oc2cccc(-c3ccc4ccc5ccc6cccnc6c5c4n3)n2)cc1. The van der Waals surface area contributed by atoms with E-state index in [-0.39, 0.29) is 0 Å². The van der Waals surface area contributed by atoms with E-state index in [1.807, 2.05) is 66.9 Å². The number of para-hydroxylation sites is 1. The third kappa shape index (κ3) is 3.15. The zero-order chi connectivity index (χ0) is 20.6. The largest absolute Gasteiger partial charge is 0.439 e. The first-order valence-corrected chi connectivity index (χ1v) is 10.1. The Morgan fingerprint density at radius 2 is 1.26 bits per heavy atom. The molecule has 6 aromatic rings. The average Bonchev–Trinajstić information content (AvgIpc) is 2.84. The van der Waals surface area contributed by atoms with Gasteiger partial charge in [-0.3, -0.25) is 4.98 Å². The topological polar surface area (TPSA) is 47.9 Å². The van der Waals surface area contributed by atoms with Crippen LogP contribution in [0.25, 0.3) is 44.0 Å². The summed E-state index contributed by atoms with van der Waals surface area (Å²) in [5.74, 6) is 1.29. The van der Waals surface area contributed by atoms with Gasteiger partial charge < -0.3 is 4.74 Å². The summed E-state index contributed by atoms with van der Waals surface area (Å²) in [4.78, 5) is 14.3. The maximum atomic E-state index is 5.91. The van der Waals surface area contributed by atoms with Crippen molar-refractivity contribution in [2.45, 2.75) is 0 Å². The highest BCUT2D eigenvalue weighted by Gasteiger charge is 2.10. The van der Waals surface area contributed by atoms with Gasteiger partial charge in [-0.05, 0) is 35.7 Å². The number of aromatic nitrogens is 3. The van der Waals surface area contributed by atoms with E-state index in [0.29, 0.717) is 5.88 Å². The first-order valence-electron chi connectivity index (χ1n) is 10.1. The van der Waals surface area contributed by atoms with Crippen LogP contribution in [0.4, 0.5) is 0 Å². The standard InChI is InChI=1S/C27H17N3O/c1-2-7-21(8-3-1)31-24-10-4-9-22(29-24)23-16-15-20-14-12-18-11-13-19-6-5-17-28-26(19)25(18)27(20)30-23/h1-17H. The van der Waals surface area contributed by atoms with E-state index in [0.717, 1.165) is 49.7 Å². The number of benzene rings is 3. The third-order valence-electron chi connectivity index (χ3n) is 5.36. The van der Waals surface area contributed by atoms with Crippen molar-refractivity contribution >= 4 is 32.6 Å². The molecule has 3 aromatic carbocycles. The number of nitrogens with zero attached hydrogens (tertiary/aromatic N) is 3. The zero-order valence-electron chi connectivity index (χ0n) is 16.6. The summed E-state index contributed by atoms with van der Waals surface area (Å²) in [6.07, 6.45) is 1.83. The normalized spacial score (nSPS) is 11.2. The lowest BCUT2D eigenvalue weighted by molar-refractivity contribution is 0.463. The van der Waals surface area contributed by atoms with E-state index >= 15 is 0 Å². The summed E-state index contributed by atoms with van der Waals surface area (Å²) in [6, 6.07) is 32.0. The third-order valence-corrected chi connectivity index (χ3v) is 5.36. The van der Waals surface area contributed by atoms with Gasteiger partial charge in [-0.2, -0.15) is 0 Å². The van der Waals surface area contributed by atoms with Crippen molar-refractivity contribution in [2.24, 2.45) is 0 Å². The van der Waals surface area contributed by atoms with Gasteiger partial charge in [0, 0.05) is 28.4 Å². The molecule has 0 radical (unpaired) electrons. The molecule has 4 nitrogen and oxygen atoms in total. The molecule has 31 heavy (non-hydrogen) atoms. The highest BCUT2D eigenvalue weighted by Crippen LogP contribution is 2.31. The lowest BCUT2D eigenvalue weighted by Crippen LogP contribution is -1.93. The number of ether oxygens (including phenoxy) is 1. The molecule has 0 aliphatic carbocycles. The van der Waals surface area contributed by atoms with Gasteiger partial charge in [-0.1, -0.05) is 60.7 Å². The van der Waals surface area contributed by atoms with Crippen LogP contribution in [0.1, 0.15) is 0 Å². The molecule has 0 unspecified atom stereocenters. The fourth-order valence-electron chi connectivity index (χ4n) is 3.90. The minimum Gasteiger partial charge on any atom is -0.439 e. The molecule has 0 saturated carbocycles. The van der Waals surface area contributed by atoms with Crippen LogP contribution in [0.2, 0.25) is 0 Å². The summed E-state index contributed by atoms with van der Waals surface area (Å²) in [5.41, 5.74) is 3.45. The molecule has 6 rings (SSSR count). The van der Waals surface area contributed by atoms with Gasteiger partial charge in [-0.25, -0.2) is 9.97 Å². The van der Waals surface area contributed by atoms with Crippen molar-refractivity contribution in [2.75, 3.05) is 0 Å². The molecule has 0 aliphatic rings. The fraction of sp³-hybridized carbons (Fsp3) is 0. The Labute approximate surface area is 178 Å². The Morgan fingerprint density at radius 1 is 0.516 bits per heavy atom. The molecule has 4 heteroatoms. The minimum atomic E-state index is 0.538. The summed E-state index contributed by atoms with van der Waals surface area (Å²) in [6.45, 7) is 0. The van der Waals surface area contributed by atoms with Gasteiger partial charge in [0.25, 0.3) is 0 Å². The molecule has 146 valence electrons. The maximum Gasteiger partial charge on any atom is 0.219 e. The van der Waals surface area contributed by atoms with Gasteiger partial charge in [0.1, 0.15) is 5.75 Å². The van der Waals surface area contributed by atoms with Crippen LogP contribution in [0, 0.1) is 0 Å². The van der Waals surface area contributed by atoms with Crippen molar-refractivity contribution in [3.05, 3.63) is 103 Å². The number of fused-ring (bicyclic) bond motifs is 5. The molecule has 0 atom stereocenters.